The number of amides is 1. The number of nitrogens with zero attached hydrogens (tertiary/aromatic N) is 5. The second kappa shape index (κ2) is 6.85. The number of aliphatic hydroxyl groups excluding tert-OH is 1. The van der Waals surface area contributed by atoms with Crippen molar-refractivity contribution in [2.75, 3.05) is 26.2 Å². The van der Waals surface area contributed by atoms with Crippen molar-refractivity contribution < 1.29 is 9.90 Å². The van der Waals surface area contributed by atoms with Crippen LogP contribution in [0.2, 0.25) is 0 Å². The van der Waals surface area contributed by atoms with Crippen LogP contribution in [0.3, 0.4) is 0 Å². The fourth-order valence-electron chi connectivity index (χ4n) is 3.61. The summed E-state index contributed by atoms with van der Waals surface area (Å²) in [7, 11) is 0. The molecule has 0 aromatic carbocycles. The summed E-state index contributed by atoms with van der Waals surface area (Å²) in [5.74, 6) is -0.0343. The van der Waals surface area contributed by atoms with Gasteiger partial charge in [-0.2, -0.15) is 0 Å². The Balaban J connectivity index is 1.41. The van der Waals surface area contributed by atoms with Gasteiger partial charge in [-0.05, 0) is 25.0 Å². The van der Waals surface area contributed by atoms with Gasteiger partial charge in [0.1, 0.15) is 5.69 Å². The average Bonchev–Trinajstić information content (AvgIpc) is 3.31. The van der Waals surface area contributed by atoms with Crippen LogP contribution < -0.4 is 0 Å². The van der Waals surface area contributed by atoms with Gasteiger partial charge < -0.3 is 10.0 Å². The normalized spacial score (nSPS) is 24.0. The molecule has 4 heterocycles. The van der Waals surface area contributed by atoms with Gasteiger partial charge in [-0.25, -0.2) is 0 Å². The fourth-order valence-corrected chi connectivity index (χ4v) is 3.61. The summed E-state index contributed by atoms with van der Waals surface area (Å²) in [6, 6.07) is 3.95. The van der Waals surface area contributed by atoms with Crippen LogP contribution in [0.25, 0.3) is 11.3 Å². The van der Waals surface area contributed by atoms with E-state index in [1.807, 2.05) is 11.0 Å². The lowest BCUT2D eigenvalue weighted by molar-refractivity contribution is 0.0772. The molecule has 7 heteroatoms. The molecular formula is C18H21N5O2. The Morgan fingerprint density at radius 1 is 1.08 bits per heavy atom. The minimum atomic E-state index is -0.222. The number of aromatic nitrogens is 3. The molecule has 0 spiro atoms. The molecule has 0 bridgehead atoms. The van der Waals surface area contributed by atoms with Crippen LogP contribution in [0.4, 0.5) is 0 Å². The molecule has 0 aliphatic carbocycles. The minimum absolute atomic E-state index is 0.0343. The van der Waals surface area contributed by atoms with Gasteiger partial charge in [0.15, 0.2) is 0 Å². The molecule has 2 fully saturated rings. The van der Waals surface area contributed by atoms with Crippen LogP contribution in [0, 0.1) is 0 Å². The first-order valence-electron chi connectivity index (χ1n) is 8.64. The Kier molecular flexibility index (Phi) is 4.42. The molecule has 2 saturated heterocycles. The number of rotatable bonds is 3. The second-order valence-corrected chi connectivity index (χ2v) is 6.65. The van der Waals surface area contributed by atoms with Crippen molar-refractivity contribution in [3.8, 4) is 11.3 Å². The number of likely N-dealkylation sites (tertiary alicyclic amines) is 2. The maximum absolute atomic E-state index is 12.7. The van der Waals surface area contributed by atoms with E-state index in [1.165, 1.54) is 0 Å². The molecule has 2 aromatic rings. The molecule has 1 amide bonds. The largest absolute Gasteiger partial charge is 0.392 e. The summed E-state index contributed by atoms with van der Waals surface area (Å²) in [6.07, 6.45) is 8.16. The van der Waals surface area contributed by atoms with Crippen LogP contribution in [-0.2, 0) is 0 Å². The maximum atomic E-state index is 12.7. The van der Waals surface area contributed by atoms with Crippen molar-refractivity contribution in [3.05, 3.63) is 42.6 Å². The second-order valence-electron chi connectivity index (χ2n) is 6.65. The number of carbonyl (C=O) groups excluding carboxylic acids is 1. The Bertz CT molecular complexity index is 737. The summed E-state index contributed by atoms with van der Waals surface area (Å²) in [5.41, 5.74) is 2.03. The highest BCUT2D eigenvalue weighted by Gasteiger charge is 2.34. The van der Waals surface area contributed by atoms with Crippen molar-refractivity contribution in [2.45, 2.75) is 25.0 Å². The zero-order valence-electron chi connectivity index (χ0n) is 14.0. The van der Waals surface area contributed by atoms with Gasteiger partial charge in [-0.3, -0.25) is 24.6 Å². The maximum Gasteiger partial charge on any atom is 0.272 e. The van der Waals surface area contributed by atoms with Gasteiger partial charge >= 0.3 is 0 Å². The molecule has 2 aliphatic heterocycles. The van der Waals surface area contributed by atoms with E-state index in [-0.39, 0.29) is 12.0 Å². The summed E-state index contributed by atoms with van der Waals surface area (Å²) in [4.78, 5) is 29.4. The third kappa shape index (κ3) is 3.38. The van der Waals surface area contributed by atoms with Crippen LogP contribution in [0.1, 0.15) is 23.3 Å². The number of hydrogen-bond acceptors (Lipinski definition) is 6. The number of β-amino-alcohol motifs (C(OH)–C–C–N with tert-alkyl or cyclic N) is 1. The summed E-state index contributed by atoms with van der Waals surface area (Å²) in [6.45, 7) is 3.08. The first kappa shape index (κ1) is 16.1. The number of pyridine rings is 1. The molecule has 0 radical (unpaired) electrons. The highest BCUT2D eigenvalue weighted by molar-refractivity contribution is 5.92. The predicted molar refractivity (Wildman–Crippen MR) is 91.8 cm³/mol. The number of hydrogen-bond donors (Lipinski definition) is 1. The third-order valence-electron chi connectivity index (χ3n) is 5.00. The molecule has 2 aliphatic rings. The van der Waals surface area contributed by atoms with Crippen LogP contribution in [0.15, 0.2) is 36.9 Å². The van der Waals surface area contributed by atoms with Crippen molar-refractivity contribution in [2.24, 2.45) is 0 Å². The smallest absolute Gasteiger partial charge is 0.272 e. The van der Waals surface area contributed by atoms with Crippen molar-refractivity contribution in [1.29, 1.82) is 0 Å². The summed E-state index contributed by atoms with van der Waals surface area (Å²) < 4.78 is 0. The van der Waals surface area contributed by atoms with E-state index in [4.69, 9.17) is 0 Å². The van der Waals surface area contributed by atoms with Gasteiger partial charge in [-0.1, -0.05) is 0 Å². The summed E-state index contributed by atoms with van der Waals surface area (Å²) >= 11 is 0. The van der Waals surface area contributed by atoms with E-state index in [0.29, 0.717) is 18.3 Å². The molecular weight excluding hydrogens is 318 g/mol. The Morgan fingerprint density at radius 2 is 2.00 bits per heavy atom. The lowest BCUT2D eigenvalue weighted by Gasteiger charge is -2.23. The van der Waals surface area contributed by atoms with E-state index in [9.17, 15) is 9.90 Å². The lowest BCUT2D eigenvalue weighted by Crippen LogP contribution is -2.38. The van der Waals surface area contributed by atoms with Gasteiger partial charge in [-0.15, -0.1) is 0 Å². The molecule has 2 aromatic heterocycles. The molecule has 2 unspecified atom stereocenters. The first-order chi connectivity index (χ1) is 12.2. The predicted octanol–water partition coefficient (Wildman–Crippen LogP) is 0.820. The Hall–Kier alpha value is -2.38. The minimum Gasteiger partial charge on any atom is -0.392 e. The van der Waals surface area contributed by atoms with E-state index < -0.39 is 0 Å². The molecule has 4 rings (SSSR count). The standard InChI is InChI=1S/C18H21N5O2/c24-15-4-8-22(12-15)14-3-7-23(11-14)18(25)16-2-1-13(9-21-16)17-10-19-5-6-20-17/h1-2,5-6,9-10,14-15,24H,3-4,7-8,11-12H2. The fraction of sp³-hybridized carbons (Fsp3) is 0.444. The van der Waals surface area contributed by atoms with Crippen LogP contribution >= 0.6 is 0 Å². The molecule has 7 nitrogen and oxygen atoms in total. The quantitative estimate of drug-likeness (QED) is 0.891. The van der Waals surface area contributed by atoms with E-state index in [2.05, 4.69) is 19.9 Å². The van der Waals surface area contributed by atoms with Gasteiger partial charge in [0.05, 0.1) is 18.0 Å². The molecule has 0 saturated carbocycles. The monoisotopic (exact) mass is 339 g/mol. The number of aliphatic hydroxyl groups is 1. The van der Waals surface area contributed by atoms with Gasteiger partial charge in [0, 0.05) is 56.4 Å². The zero-order chi connectivity index (χ0) is 17.2. The van der Waals surface area contributed by atoms with E-state index in [0.717, 1.165) is 43.7 Å². The molecule has 1 N–H and O–H groups in total. The molecule has 130 valence electrons. The van der Waals surface area contributed by atoms with Crippen molar-refractivity contribution >= 4 is 5.91 Å². The van der Waals surface area contributed by atoms with Crippen LogP contribution in [-0.4, -0.2) is 74.1 Å². The highest BCUT2D eigenvalue weighted by atomic mass is 16.3. The SMILES string of the molecule is O=C(c1ccc(-c2cnccn2)cn1)N1CCC(N2CCC(O)C2)C1. The topological polar surface area (TPSA) is 82.5 Å². The van der Waals surface area contributed by atoms with Gasteiger partial charge in [0.25, 0.3) is 5.91 Å². The molecule has 2 atom stereocenters. The molecule has 25 heavy (non-hydrogen) atoms. The van der Waals surface area contributed by atoms with Crippen molar-refractivity contribution in [3.63, 3.8) is 0 Å². The first-order valence-corrected chi connectivity index (χ1v) is 8.64. The van der Waals surface area contributed by atoms with Crippen molar-refractivity contribution in [1.82, 2.24) is 24.8 Å². The lowest BCUT2D eigenvalue weighted by atomic mass is 10.2. The van der Waals surface area contributed by atoms with E-state index in [1.54, 1.807) is 30.9 Å². The number of carbonyl (C=O) groups is 1. The Morgan fingerprint density at radius 3 is 2.68 bits per heavy atom. The third-order valence-corrected chi connectivity index (χ3v) is 5.00. The summed E-state index contributed by atoms with van der Waals surface area (Å²) in [5, 5.41) is 9.69. The highest BCUT2D eigenvalue weighted by Crippen LogP contribution is 2.22. The van der Waals surface area contributed by atoms with Crippen LogP contribution in [0.5, 0.6) is 0 Å². The van der Waals surface area contributed by atoms with Gasteiger partial charge in [0.2, 0.25) is 0 Å². The van der Waals surface area contributed by atoms with E-state index >= 15 is 0 Å². The zero-order valence-corrected chi connectivity index (χ0v) is 14.0. The Labute approximate surface area is 146 Å². The average molecular weight is 339 g/mol.